The Hall–Kier alpha value is -1.14. The lowest BCUT2D eigenvalue weighted by atomic mass is 9.69. The molecule has 178 valence electrons. The van der Waals surface area contributed by atoms with E-state index in [2.05, 4.69) is 70.4 Å². The first-order valence-corrected chi connectivity index (χ1v) is 11.7. The van der Waals surface area contributed by atoms with Crippen molar-refractivity contribution in [2.45, 2.75) is 113 Å². The van der Waals surface area contributed by atoms with Crippen molar-refractivity contribution in [2.75, 3.05) is 0 Å². The molecule has 0 aromatic carbocycles. The van der Waals surface area contributed by atoms with Gasteiger partial charge < -0.3 is 0 Å². The molecule has 0 N–H and O–H groups in total. The number of rotatable bonds is 17. The van der Waals surface area contributed by atoms with E-state index in [9.17, 15) is 9.59 Å². The van der Waals surface area contributed by atoms with Gasteiger partial charge in [-0.15, -0.1) is 0 Å². The quantitative estimate of drug-likeness (QED) is 0.141. The molecule has 0 aliphatic rings. The van der Waals surface area contributed by atoms with E-state index in [1.165, 1.54) is 0 Å². The molecule has 0 radical (unpaired) electrons. The van der Waals surface area contributed by atoms with Crippen molar-refractivity contribution in [2.24, 2.45) is 29.1 Å². The first-order valence-electron chi connectivity index (χ1n) is 11.7. The Morgan fingerprint density at radius 3 is 1.73 bits per heavy atom. The Bertz CT molecular complexity index is 470. The number of carbonyl (C=O) groups excluding carboxylic acids is 2. The highest BCUT2D eigenvalue weighted by molar-refractivity contribution is 5.72. The lowest BCUT2D eigenvalue weighted by Crippen LogP contribution is -2.36. The molecule has 0 spiro atoms. The molecule has 6 heteroatoms. The highest BCUT2D eigenvalue weighted by Gasteiger charge is 2.39. The van der Waals surface area contributed by atoms with Gasteiger partial charge in [0.25, 0.3) is 0 Å². The van der Waals surface area contributed by atoms with Gasteiger partial charge in [-0.25, -0.2) is 9.59 Å². The second-order valence-electron chi connectivity index (χ2n) is 10.2. The first-order chi connectivity index (χ1) is 14.0. The van der Waals surface area contributed by atoms with Crippen molar-refractivity contribution in [3.63, 3.8) is 0 Å². The molecule has 1 unspecified atom stereocenters. The second kappa shape index (κ2) is 15.6. The Balaban J connectivity index is 4.29. The molecular formula is C24H46O6. The maximum absolute atomic E-state index is 12.6. The monoisotopic (exact) mass is 430 g/mol. The minimum Gasteiger partial charge on any atom is -0.266 e. The minimum atomic E-state index is -0.539. The summed E-state index contributed by atoms with van der Waals surface area (Å²) in [6, 6.07) is 0. The lowest BCUT2D eigenvalue weighted by molar-refractivity contribution is -0.601. The molecule has 0 aromatic heterocycles. The Morgan fingerprint density at radius 1 is 0.700 bits per heavy atom. The predicted octanol–water partition coefficient (Wildman–Crippen LogP) is 6.97. The summed E-state index contributed by atoms with van der Waals surface area (Å²) in [5.74, 6) is 0.240. The predicted molar refractivity (Wildman–Crippen MR) is 118 cm³/mol. The van der Waals surface area contributed by atoms with E-state index in [0.29, 0.717) is 11.8 Å². The van der Waals surface area contributed by atoms with Gasteiger partial charge >= 0.3 is 11.9 Å². The van der Waals surface area contributed by atoms with Crippen molar-refractivity contribution in [3.05, 3.63) is 0 Å². The molecule has 0 amide bonds. The Labute approximate surface area is 184 Å². The molecule has 1 atom stereocenters. The molecule has 0 heterocycles. The maximum Gasteiger partial charge on any atom is 0.349 e. The van der Waals surface area contributed by atoms with Crippen LogP contribution in [0.3, 0.4) is 0 Å². The molecule has 30 heavy (non-hydrogen) atoms. The van der Waals surface area contributed by atoms with Crippen LogP contribution in [0.25, 0.3) is 0 Å². The molecule has 0 bridgehead atoms. The molecule has 0 aliphatic heterocycles. The highest BCUT2D eigenvalue weighted by atomic mass is 17.7. The third kappa shape index (κ3) is 13.2. The van der Waals surface area contributed by atoms with Crippen LogP contribution in [0.15, 0.2) is 0 Å². The Kier molecular flexibility index (Phi) is 15.0. The molecular weight excluding hydrogens is 384 g/mol. The molecule has 0 saturated heterocycles. The second-order valence-corrected chi connectivity index (χ2v) is 10.2. The number of unbranched alkanes of at least 4 members (excludes halogenated alkanes) is 3. The van der Waals surface area contributed by atoms with Crippen molar-refractivity contribution < 1.29 is 29.4 Å². The van der Waals surface area contributed by atoms with Gasteiger partial charge in [0.15, 0.2) is 0 Å². The van der Waals surface area contributed by atoms with Crippen LogP contribution in [0.1, 0.15) is 113 Å². The van der Waals surface area contributed by atoms with Crippen LogP contribution in [0.4, 0.5) is 0 Å². The zero-order valence-corrected chi connectivity index (χ0v) is 20.6. The zero-order chi connectivity index (χ0) is 23.2. The summed E-state index contributed by atoms with van der Waals surface area (Å²) in [6.45, 7) is 17.1. The lowest BCUT2D eigenvalue weighted by Gasteiger charge is -2.35. The van der Waals surface area contributed by atoms with E-state index >= 15 is 0 Å². The summed E-state index contributed by atoms with van der Waals surface area (Å²) in [5.41, 5.74) is -0.259. The molecule has 0 aromatic rings. The molecule has 0 aliphatic carbocycles. The summed E-state index contributed by atoms with van der Waals surface area (Å²) in [7, 11) is 0. The average molecular weight is 431 g/mol. The van der Waals surface area contributed by atoms with Gasteiger partial charge in [0.2, 0.25) is 0 Å². The number of carbonyl (C=O) groups is 2. The van der Waals surface area contributed by atoms with E-state index < -0.39 is 11.9 Å². The third-order valence-corrected chi connectivity index (χ3v) is 6.13. The summed E-state index contributed by atoms with van der Waals surface area (Å²) >= 11 is 0. The zero-order valence-electron chi connectivity index (χ0n) is 20.6. The van der Waals surface area contributed by atoms with Crippen molar-refractivity contribution in [1.82, 2.24) is 0 Å². The van der Waals surface area contributed by atoms with E-state index in [-0.39, 0.29) is 23.7 Å². The fourth-order valence-corrected chi connectivity index (χ4v) is 3.29. The van der Waals surface area contributed by atoms with Gasteiger partial charge in [0, 0.05) is 16.5 Å². The summed E-state index contributed by atoms with van der Waals surface area (Å²) < 4.78 is 0. The summed E-state index contributed by atoms with van der Waals surface area (Å²) in [5, 5.41) is 8.78. The van der Waals surface area contributed by atoms with Crippen LogP contribution in [-0.4, -0.2) is 11.9 Å². The van der Waals surface area contributed by atoms with Gasteiger partial charge in [-0.05, 0) is 36.0 Å². The molecule has 6 nitrogen and oxygen atoms in total. The summed E-state index contributed by atoms with van der Waals surface area (Å²) in [4.78, 5) is 33.5. The fourth-order valence-electron chi connectivity index (χ4n) is 3.29. The normalized spacial score (nSPS) is 13.2. The molecule has 0 fully saturated rings. The fraction of sp³-hybridized carbons (Fsp3) is 0.917. The topological polar surface area (TPSA) is 71.1 Å². The number of hydrogen-bond donors (Lipinski definition) is 0. The maximum atomic E-state index is 12.6. The highest BCUT2D eigenvalue weighted by Crippen LogP contribution is 2.39. The van der Waals surface area contributed by atoms with Gasteiger partial charge in [-0.1, -0.05) is 93.9 Å². The van der Waals surface area contributed by atoms with Crippen LogP contribution in [0.5, 0.6) is 0 Å². The van der Waals surface area contributed by atoms with Crippen LogP contribution >= 0.6 is 0 Å². The van der Waals surface area contributed by atoms with Gasteiger partial charge in [-0.3, -0.25) is 9.78 Å². The summed E-state index contributed by atoms with van der Waals surface area (Å²) in [6.07, 6.45) is 8.05. The van der Waals surface area contributed by atoms with Crippen molar-refractivity contribution in [1.29, 1.82) is 0 Å². The van der Waals surface area contributed by atoms with E-state index in [0.717, 1.165) is 51.4 Å². The van der Waals surface area contributed by atoms with Gasteiger partial charge in [-0.2, -0.15) is 0 Å². The van der Waals surface area contributed by atoms with Gasteiger partial charge in [0.05, 0.1) is 5.92 Å². The average Bonchev–Trinajstić information content (AvgIpc) is 2.63. The van der Waals surface area contributed by atoms with E-state index in [1.807, 2.05) is 0 Å². The van der Waals surface area contributed by atoms with Gasteiger partial charge in [0.1, 0.15) is 0 Å². The standard InChI is InChI=1S/C24H46O6/c1-18(2)14-10-9-11-17-22(25)27-29-30-28-23(26)21(24(7,8)20(5)6)16-13-12-15-19(3)4/h18-21H,9-17H2,1-8H3. The van der Waals surface area contributed by atoms with Crippen LogP contribution in [0.2, 0.25) is 0 Å². The van der Waals surface area contributed by atoms with Crippen molar-refractivity contribution in [3.8, 4) is 0 Å². The molecule has 0 saturated carbocycles. The smallest absolute Gasteiger partial charge is 0.266 e. The van der Waals surface area contributed by atoms with Crippen LogP contribution < -0.4 is 0 Å². The van der Waals surface area contributed by atoms with Crippen LogP contribution in [0, 0.1) is 29.1 Å². The third-order valence-electron chi connectivity index (χ3n) is 6.13. The largest absolute Gasteiger partial charge is 0.349 e. The minimum absolute atomic E-state index is 0.244. The van der Waals surface area contributed by atoms with E-state index in [4.69, 9.17) is 4.89 Å². The number of hydrogen-bond acceptors (Lipinski definition) is 6. The first kappa shape index (κ1) is 28.9. The molecule has 0 rings (SSSR count). The van der Waals surface area contributed by atoms with E-state index in [1.54, 1.807) is 0 Å². The Morgan fingerprint density at radius 2 is 1.20 bits per heavy atom. The SMILES string of the molecule is CC(C)CCCCCC(=O)OOOOC(=O)C(CCCCC(C)C)C(C)(C)C(C)C. The van der Waals surface area contributed by atoms with Crippen LogP contribution in [-0.2, 0) is 29.4 Å². The van der Waals surface area contributed by atoms with Crippen molar-refractivity contribution >= 4 is 11.9 Å².